The lowest BCUT2D eigenvalue weighted by Crippen LogP contribution is -2.46. The molecule has 9 heteroatoms. The van der Waals surface area contributed by atoms with Gasteiger partial charge in [-0.3, -0.25) is 4.79 Å². The number of carbonyl (C=O) groups excluding carboxylic acids is 2. The highest BCUT2D eigenvalue weighted by molar-refractivity contribution is 7.99. The predicted octanol–water partition coefficient (Wildman–Crippen LogP) is 0.665. The third-order valence-corrected chi connectivity index (χ3v) is 4.89. The molecule has 1 saturated carbocycles. The summed E-state index contributed by atoms with van der Waals surface area (Å²) >= 11 is 1.20. The molecule has 2 rings (SSSR count). The molecule has 128 valence electrons. The highest BCUT2D eigenvalue weighted by Crippen LogP contribution is 2.39. The fourth-order valence-corrected chi connectivity index (χ4v) is 2.82. The fourth-order valence-electron chi connectivity index (χ4n) is 2.15. The van der Waals surface area contributed by atoms with Crippen LogP contribution in [0.2, 0.25) is 0 Å². The molecule has 1 aliphatic carbocycles. The molecule has 1 amide bonds. The number of nitrogens with two attached hydrogens (primary N) is 1. The van der Waals surface area contributed by atoms with Gasteiger partial charge >= 0.3 is 5.97 Å². The van der Waals surface area contributed by atoms with E-state index in [4.69, 9.17) is 10.6 Å². The molecule has 0 saturated heterocycles. The van der Waals surface area contributed by atoms with E-state index in [1.807, 2.05) is 13.8 Å². The zero-order valence-corrected chi connectivity index (χ0v) is 14.4. The monoisotopic (exact) mass is 341 g/mol. The third kappa shape index (κ3) is 4.37. The molecule has 3 N–H and O–H groups in total. The van der Waals surface area contributed by atoms with E-state index in [0.29, 0.717) is 11.1 Å². The Bertz CT molecular complexity index is 573. The number of nitrogens with one attached hydrogen (secondary N) is 1. The first-order valence-electron chi connectivity index (χ1n) is 7.68. The van der Waals surface area contributed by atoms with Gasteiger partial charge in [0.05, 0.1) is 12.9 Å². The molecule has 0 bridgehead atoms. The van der Waals surface area contributed by atoms with Gasteiger partial charge in [-0.2, -0.15) is 0 Å². The number of aromatic nitrogens is 3. The van der Waals surface area contributed by atoms with E-state index in [-0.39, 0.29) is 17.6 Å². The Morgan fingerprint density at radius 2 is 2.17 bits per heavy atom. The van der Waals surface area contributed by atoms with E-state index in [9.17, 15) is 9.59 Å². The van der Waals surface area contributed by atoms with Crippen LogP contribution in [0, 0.1) is 5.92 Å². The second-order valence-corrected chi connectivity index (χ2v) is 6.67. The first-order chi connectivity index (χ1) is 11.0. The molecule has 1 fully saturated rings. The maximum Gasteiger partial charge on any atom is 0.328 e. The third-order valence-electron chi connectivity index (χ3n) is 3.95. The number of amides is 1. The number of carbonyl (C=O) groups is 2. The molecule has 0 radical (unpaired) electrons. The van der Waals surface area contributed by atoms with Crippen LogP contribution in [0.3, 0.4) is 0 Å². The molecule has 1 heterocycles. The highest BCUT2D eigenvalue weighted by Gasteiger charge is 2.30. The molecule has 1 aromatic heterocycles. The van der Waals surface area contributed by atoms with Crippen LogP contribution in [0.5, 0.6) is 0 Å². The lowest BCUT2D eigenvalue weighted by Gasteiger charge is -2.21. The van der Waals surface area contributed by atoms with E-state index < -0.39 is 12.0 Å². The summed E-state index contributed by atoms with van der Waals surface area (Å²) < 4.78 is 6.19. The zero-order chi connectivity index (χ0) is 17.0. The van der Waals surface area contributed by atoms with Crippen molar-refractivity contribution in [3.63, 3.8) is 0 Å². The van der Waals surface area contributed by atoms with Crippen molar-refractivity contribution < 1.29 is 14.3 Å². The van der Waals surface area contributed by atoms with Crippen LogP contribution in [0.25, 0.3) is 0 Å². The molecule has 1 aromatic rings. The van der Waals surface area contributed by atoms with Gasteiger partial charge in [-0.25, -0.2) is 9.47 Å². The van der Waals surface area contributed by atoms with E-state index in [1.54, 1.807) is 0 Å². The normalized spacial score (nSPS) is 16.7. The second-order valence-electron chi connectivity index (χ2n) is 5.73. The Balaban J connectivity index is 1.89. The number of nitrogens with zero attached hydrogens (tertiary/aromatic N) is 3. The number of esters is 1. The van der Waals surface area contributed by atoms with Gasteiger partial charge in [-0.15, -0.1) is 10.2 Å². The molecule has 0 spiro atoms. The Morgan fingerprint density at radius 3 is 2.74 bits per heavy atom. The van der Waals surface area contributed by atoms with Gasteiger partial charge in [-0.05, 0) is 18.8 Å². The summed E-state index contributed by atoms with van der Waals surface area (Å²) in [6.07, 6.45) is 2.92. The number of thioether (sulfide) groups is 1. The Hall–Kier alpha value is -1.77. The standard InChI is InChI=1S/C14H23N5O3S/c1-4-8(2)11(13(21)22-3)16-10(20)7-23-14-18-17-12(19(14)15)9-5-6-9/h8-9,11H,4-7,15H2,1-3H3,(H,16,20)/t8-,11+/m0/s1. The summed E-state index contributed by atoms with van der Waals surface area (Å²) in [5, 5.41) is 11.3. The fraction of sp³-hybridized carbons (Fsp3) is 0.714. The average molecular weight is 341 g/mol. The van der Waals surface area contributed by atoms with E-state index in [2.05, 4.69) is 15.5 Å². The van der Waals surface area contributed by atoms with Crippen LogP contribution < -0.4 is 11.2 Å². The lowest BCUT2D eigenvalue weighted by molar-refractivity contribution is -0.146. The number of ether oxygens (including phenoxy) is 1. The van der Waals surface area contributed by atoms with Gasteiger partial charge in [0.15, 0.2) is 5.82 Å². The molecular weight excluding hydrogens is 318 g/mol. The van der Waals surface area contributed by atoms with Crippen LogP contribution >= 0.6 is 11.8 Å². The van der Waals surface area contributed by atoms with Crippen molar-refractivity contribution in [3.8, 4) is 0 Å². The second kappa shape index (κ2) is 7.67. The van der Waals surface area contributed by atoms with Gasteiger partial charge in [0.1, 0.15) is 6.04 Å². The van der Waals surface area contributed by atoms with Crippen molar-refractivity contribution in [2.24, 2.45) is 5.92 Å². The van der Waals surface area contributed by atoms with Gasteiger partial charge in [0.2, 0.25) is 11.1 Å². The number of nitrogen functional groups attached to an aromatic ring is 1. The van der Waals surface area contributed by atoms with Crippen molar-refractivity contribution >= 4 is 23.6 Å². The summed E-state index contributed by atoms with van der Waals surface area (Å²) in [5.41, 5.74) is 0. The first-order valence-corrected chi connectivity index (χ1v) is 8.66. The molecule has 0 unspecified atom stereocenters. The van der Waals surface area contributed by atoms with Crippen LogP contribution in [-0.2, 0) is 14.3 Å². The maximum absolute atomic E-state index is 12.1. The Labute approximate surface area is 139 Å². The smallest absolute Gasteiger partial charge is 0.328 e. The number of rotatable bonds is 8. The van der Waals surface area contributed by atoms with Crippen LogP contribution in [0.4, 0.5) is 0 Å². The van der Waals surface area contributed by atoms with Crippen molar-refractivity contribution in [1.29, 1.82) is 0 Å². The number of hydrogen-bond donors (Lipinski definition) is 2. The quantitative estimate of drug-likeness (QED) is 0.406. The summed E-state index contributed by atoms with van der Waals surface area (Å²) in [4.78, 5) is 23.9. The predicted molar refractivity (Wildman–Crippen MR) is 86.3 cm³/mol. The van der Waals surface area contributed by atoms with E-state index in [1.165, 1.54) is 23.5 Å². The van der Waals surface area contributed by atoms with Crippen LogP contribution in [0.1, 0.15) is 44.9 Å². The average Bonchev–Trinajstić information content (AvgIpc) is 3.33. The Kier molecular flexibility index (Phi) is 5.86. The maximum atomic E-state index is 12.1. The number of methoxy groups -OCH3 is 1. The molecule has 8 nitrogen and oxygen atoms in total. The van der Waals surface area contributed by atoms with E-state index in [0.717, 1.165) is 25.1 Å². The van der Waals surface area contributed by atoms with Gasteiger partial charge in [0.25, 0.3) is 0 Å². The van der Waals surface area contributed by atoms with Crippen molar-refractivity contribution in [2.75, 3.05) is 18.7 Å². The lowest BCUT2D eigenvalue weighted by atomic mass is 9.99. The minimum atomic E-state index is -0.643. The molecule has 23 heavy (non-hydrogen) atoms. The molecule has 2 atom stereocenters. The first kappa shape index (κ1) is 17.6. The van der Waals surface area contributed by atoms with Crippen LogP contribution in [0.15, 0.2) is 5.16 Å². The Morgan fingerprint density at radius 1 is 1.48 bits per heavy atom. The SMILES string of the molecule is CC[C@H](C)[C@@H](NC(=O)CSc1nnc(C2CC2)n1N)C(=O)OC. The van der Waals surface area contributed by atoms with E-state index >= 15 is 0 Å². The zero-order valence-electron chi connectivity index (χ0n) is 13.6. The topological polar surface area (TPSA) is 112 Å². The molecule has 0 aliphatic heterocycles. The highest BCUT2D eigenvalue weighted by atomic mass is 32.2. The summed E-state index contributed by atoms with van der Waals surface area (Å²) in [5.74, 6) is 6.51. The van der Waals surface area contributed by atoms with Crippen molar-refractivity contribution in [2.45, 2.75) is 50.2 Å². The minimum absolute atomic E-state index is 0.00368. The largest absolute Gasteiger partial charge is 0.467 e. The summed E-state index contributed by atoms with van der Waals surface area (Å²) in [6.45, 7) is 3.85. The molecule has 0 aromatic carbocycles. The minimum Gasteiger partial charge on any atom is -0.467 e. The van der Waals surface area contributed by atoms with Crippen molar-refractivity contribution in [3.05, 3.63) is 5.82 Å². The molecular formula is C14H23N5O3S. The van der Waals surface area contributed by atoms with Crippen LogP contribution in [-0.4, -0.2) is 45.7 Å². The summed E-state index contributed by atoms with van der Waals surface area (Å²) in [7, 11) is 1.31. The van der Waals surface area contributed by atoms with Crippen molar-refractivity contribution in [1.82, 2.24) is 20.2 Å². The van der Waals surface area contributed by atoms with Gasteiger partial charge < -0.3 is 15.9 Å². The number of hydrogen-bond acceptors (Lipinski definition) is 7. The summed E-state index contributed by atoms with van der Waals surface area (Å²) in [6, 6.07) is -0.643. The van der Waals surface area contributed by atoms with Gasteiger partial charge in [-0.1, -0.05) is 32.0 Å². The molecule has 1 aliphatic rings. The van der Waals surface area contributed by atoms with Gasteiger partial charge in [0, 0.05) is 5.92 Å².